The van der Waals surface area contributed by atoms with E-state index in [2.05, 4.69) is 59.4 Å². The molecule has 5 heteroatoms. The van der Waals surface area contributed by atoms with Crippen molar-refractivity contribution in [2.75, 3.05) is 27.2 Å². The zero-order chi connectivity index (χ0) is 24.5. The molecule has 1 fully saturated rings. The third kappa shape index (κ3) is 7.03. The van der Waals surface area contributed by atoms with Crippen LogP contribution in [0, 0.1) is 5.92 Å². The average molecular weight is 470 g/mol. The Kier molecular flexibility index (Phi) is 8.68. The van der Waals surface area contributed by atoms with Gasteiger partial charge in [-0.1, -0.05) is 42.5 Å². The zero-order valence-electron chi connectivity index (χ0n) is 20.7. The molecular formula is C30H35N3O2. The fourth-order valence-corrected chi connectivity index (χ4v) is 4.92. The van der Waals surface area contributed by atoms with Gasteiger partial charge in [0.1, 0.15) is 5.75 Å². The second-order valence-corrected chi connectivity index (χ2v) is 9.30. The van der Waals surface area contributed by atoms with Gasteiger partial charge in [0, 0.05) is 44.1 Å². The molecule has 182 valence electrons. The van der Waals surface area contributed by atoms with Crippen LogP contribution >= 0.6 is 0 Å². The normalized spacial score (nSPS) is 15.5. The van der Waals surface area contributed by atoms with Crippen LogP contribution in [0.2, 0.25) is 0 Å². The highest BCUT2D eigenvalue weighted by Crippen LogP contribution is 2.27. The fourth-order valence-electron chi connectivity index (χ4n) is 4.92. The first-order valence-electron chi connectivity index (χ1n) is 12.4. The van der Waals surface area contributed by atoms with Gasteiger partial charge in [-0.25, -0.2) is 0 Å². The minimum atomic E-state index is 0.0871. The number of carbonyl (C=O) groups is 1. The molecule has 0 aliphatic carbocycles. The van der Waals surface area contributed by atoms with Gasteiger partial charge in [-0.3, -0.25) is 14.7 Å². The molecule has 1 unspecified atom stereocenters. The molecule has 35 heavy (non-hydrogen) atoms. The second kappa shape index (κ2) is 12.3. The number of carbonyl (C=O) groups excluding carboxylic acids is 1. The molecular weight excluding hydrogens is 434 g/mol. The van der Waals surface area contributed by atoms with E-state index in [-0.39, 0.29) is 5.91 Å². The summed E-state index contributed by atoms with van der Waals surface area (Å²) in [4.78, 5) is 21.5. The highest BCUT2D eigenvalue weighted by molar-refractivity contribution is 5.91. The van der Waals surface area contributed by atoms with Gasteiger partial charge in [0.15, 0.2) is 0 Å². The molecule has 5 nitrogen and oxygen atoms in total. The summed E-state index contributed by atoms with van der Waals surface area (Å²) < 4.78 is 5.20. The van der Waals surface area contributed by atoms with Gasteiger partial charge in [0.2, 0.25) is 5.91 Å². The van der Waals surface area contributed by atoms with Crippen molar-refractivity contribution in [2.45, 2.75) is 31.8 Å². The number of ether oxygens (including phenoxy) is 1. The Labute approximate surface area is 209 Å². The van der Waals surface area contributed by atoms with E-state index in [9.17, 15) is 4.79 Å². The Balaban J connectivity index is 1.38. The van der Waals surface area contributed by atoms with Gasteiger partial charge in [-0.2, -0.15) is 0 Å². The van der Waals surface area contributed by atoms with Gasteiger partial charge in [0.05, 0.1) is 7.11 Å². The number of rotatable bonds is 9. The number of amides is 1. The number of methoxy groups -OCH3 is 1. The minimum Gasteiger partial charge on any atom is -0.497 e. The molecule has 1 saturated heterocycles. The van der Waals surface area contributed by atoms with Crippen molar-refractivity contribution in [3.63, 3.8) is 0 Å². The molecule has 1 aromatic heterocycles. The zero-order valence-corrected chi connectivity index (χ0v) is 20.7. The summed E-state index contributed by atoms with van der Waals surface area (Å²) >= 11 is 0. The van der Waals surface area contributed by atoms with Crippen LogP contribution in [0.15, 0.2) is 85.2 Å². The lowest BCUT2D eigenvalue weighted by Gasteiger charge is -2.40. The lowest BCUT2D eigenvalue weighted by atomic mass is 9.84. The van der Waals surface area contributed by atoms with Gasteiger partial charge < -0.3 is 9.64 Å². The van der Waals surface area contributed by atoms with Crippen molar-refractivity contribution in [3.05, 3.63) is 102 Å². The molecule has 3 aromatic rings. The quantitative estimate of drug-likeness (QED) is 0.410. The number of hydrogen-bond donors (Lipinski definition) is 0. The molecule has 0 radical (unpaired) electrons. The van der Waals surface area contributed by atoms with Gasteiger partial charge in [-0.15, -0.1) is 0 Å². The monoisotopic (exact) mass is 469 g/mol. The first kappa shape index (κ1) is 24.7. The molecule has 2 aromatic carbocycles. The van der Waals surface area contributed by atoms with E-state index in [1.807, 2.05) is 47.6 Å². The SMILES string of the molecule is COc1ccc(/C=C/C(=O)N2CCC(C(Cc3ccccc3)N(C)Cc3ccncc3)CC2)cc1. The molecule has 1 aliphatic heterocycles. The number of likely N-dealkylation sites (tertiary alicyclic amines) is 1. The summed E-state index contributed by atoms with van der Waals surface area (Å²) in [5.41, 5.74) is 3.63. The van der Waals surface area contributed by atoms with Crippen LogP contribution < -0.4 is 4.74 Å². The summed E-state index contributed by atoms with van der Waals surface area (Å²) in [6, 6.07) is 23.1. The van der Waals surface area contributed by atoms with Crippen LogP contribution in [-0.2, 0) is 17.8 Å². The summed E-state index contributed by atoms with van der Waals surface area (Å²) in [5, 5.41) is 0. The maximum atomic E-state index is 12.8. The number of piperidine rings is 1. The Morgan fingerprint density at radius 1 is 1.03 bits per heavy atom. The average Bonchev–Trinajstić information content (AvgIpc) is 2.92. The predicted octanol–water partition coefficient (Wildman–Crippen LogP) is 5.09. The van der Waals surface area contributed by atoms with Crippen LogP contribution in [0.3, 0.4) is 0 Å². The Hall–Kier alpha value is -3.44. The highest BCUT2D eigenvalue weighted by Gasteiger charge is 2.30. The number of nitrogens with zero attached hydrogens (tertiary/aromatic N) is 3. The standard InChI is InChI=1S/C30H35N3O2/c1-32(23-26-14-18-31-19-15-26)29(22-25-6-4-3-5-7-25)27-16-20-33(21-17-27)30(34)13-10-24-8-11-28(35-2)12-9-24/h3-15,18-19,27,29H,16-17,20-23H2,1-2H3/b13-10+. The van der Waals surface area contributed by atoms with Crippen LogP contribution in [0.25, 0.3) is 6.08 Å². The first-order chi connectivity index (χ1) is 17.1. The van der Waals surface area contributed by atoms with Gasteiger partial charge in [0.25, 0.3) is 0 Å². The highest BCUT2D eigenvalue weighted by atomic mass is 16.5. The fraction of sp³-hybridized carbons (Fsp3) is 0.333. The smallest absolute Gasteiger partial charge is 0.246 e. The minimum absolute atomic E-state index is 0.0871. The van der Waals surface area contributed by atoms with Crippen molar-refractivity contribution in [2.24, 2.45) is 5.92 Å². The Morgan fingerprint density at radius 2 is 1.71 bits per heavy atom. The van der Waals surface area contributed by atoms with Crippen molar-refractivity contribution >= 4 is 12.0 Å². The predicted molar refractivity (Wildman–Crippen MR) is 141 cm³/mol. The van der Waals surface area contributed by atoms with E-state index in [4.69, 9.17) is 4.74 Å². The van der Waals surface area contributed by atoms with E-state index in [1.165, 1.54) is 11.1 Å². The molecule has 2 heterocycles. The van der Waals surface area contributed by atoms with Crippen LogP contribution in [0.1, 0.15) is 29.5 Å². The largest absolute Gasteiger partial charge is 0.497 e. The van der Waals surface area contributed by atoms with Gasteiger partial charge >= 0.3 is 0 Å². The molecule has 0 N–H and O–H groups in total. The molecule has 1 amide bonds. The van der Waals surface area contributed by atoms with E-state index in [0.717, 1.165) is 50.2 Å². The molecule has 0 spiro atoms. The second-order valence-electron chi connectivity index (χ2n) is 9.30. The number of likely N-dealkylation sites (N-methyl/N-ethyl adjacent to an activating group) is 1. The van der Waals surface area contributed by atoms with Crippen molar-refractivity contribution in [1.29, 1.82) is 0 Å². The van der Waals surface area contributed by atoms with E-state index in [1.54, 1.807) is 13.2 Å². The number of pyridine rings is 1. The maximum Gasteiger partial charge on any atom is 0.246 e. The van der Waals surface area contributed by atoms with Crippen LogP contribution in [-0.4, -0.2) is 54.0 Å². The topological polar surface area (TPSA) is 45.7 Å². The summed E-state index contributed by atoms with van der Waals surface area (Å²) in [6.45, 7) is 2.49. The summed E-state index contributed by atoms with van der Waals surface area (Å²) in [6.07, 6.45) is 10.3. The molecule has 1 atom stereocenters. The van der Waals surface area contributed by atoms with Gasteiger partial charge in [-0.05, 0) is 79.3 Å². The number of benzene rings is 2. The van der Waals surface area contributed by atoms with Crippen LogP contribution in [0.4, 0.5) is 0 Å². The van der Waals surface area contributed by atoms with E-state index in [0.29, 0.717) is 12.0 Å². The molecule has 4 rings (SSSR count). The molecule has 1 aliphatic rings. The van der Waals surface area contributed by atoms with Crippen LogP contribution in [0.5, 0.6) is 5.75 Å². The Morgan fingerprint density at radius 3 is 2.37 bits per heavy atom. The molecule has 0 saturated carbocycles. The third-order valence-corrected chi connectivity index (χ3v) is 6.96. The Bertz CT molecular complexity index is 1080. The van der Waals surface area contributed by atoms with Crippen molar-refractivity contribution < 1.29 is 9.53 Å². The van der Waals surface area contributed by atoms with Crippen molar-refractivity contribution in [3.8, 4) is 5.75 Å². The first-order valence-corrected chi connectivity index (χ1v) is 12.4. The molecule has 0 bridgehead atoms. The summed E-state index contributed by atoms with van der Waals surface area (Å²) in [7, 11) is 3.88. The third-order valence-electron chi connectivity index (χ3n) is 6.96. The van der Waals surface area contributed by atoms with E-state index < -0.39 is 0 Å². The number of hydrogen-bond acceptors (Lipinski definition) is 4. The number of aromatic nitrogens is 1. The van der Waals surface area contributed by atoms with E-state index >= 15 is 0 Å². The summed E-state index contributed by atoms with van der Waals surface area (Å²) in [5.74, 6) is 1.44. The van der Waals surface area contributed by atoms with Crippen molar-refractivity contribution in [1.82, 2.24) is 14.8 Å². The lowest BCUT2D eigenvalue weighted by molar-refractivity contribution is -0.127. The lowest BCUT2D eigenvalue weighted by Crippen LogP contribution is -2.46. The maximum absolute atomic E-state index is 12.8.